The standard InChI is InChI=1S/C12H13FN4O/c1-17-7-10(6-15-17)16-11(12(14)18)8-2-4-9(13)5-3-8/h2-7,11,16H,1H3,(H2,14,18). The van der Waals surface area contributed by atoms with Crippen LogP contribution < -0.4 is 11.1 Å². The van der Waals surface area contributed by atoms with Crippen LogP contribution in [0.25, 0.3) is 0 Å². The number of rotatable bonds is 4. The van der Waals surface area contributed by atoms with E-state index in [1.165, 1.54) is 24.3 Å². The number of benzene rings is 1. The number of amides is 1. The van der Waals surface area contributed by atoms with Gasteiger partial charge in [0.2, 0.25) is 5.91 Å². The van der Waals surface area contributed by atoms with Crippen molar-refractivity contribution in [3.8, 4) is 0 Å². The highest BCUT2D eigenvalue weighted by Gasteiger charge is 2.18. The SMILES string of the molecule is Cn1cc(NC(C(N)=O)c2ccc(F)cc2)cn1. The average Bonchev–Trinajstić information content (AvgIpc) is 2.73. The third-order valence-electron chi connectivity index (χ3n) is 2.50. The number of carbonyl (C=O) groups is 1. The third kappa shape index (κ3) is 2.65. The van der Waals surface area contributed by atoms with Gasteiger partial charge in [-0.25, -0.2) is 4.39 Å². The first-order valence-corrected chi connectivity index (χ1v) is 5.36. The summed E-state index contributed by atoms with van der Waals surface area (Å²) in [7, 11) is 1.77. The molecule has 0 fully saturated rings. The monoisotopic (exact) mass is 248 g/mol. The van der Waals surface area contributed by atoms with Crippen LogP contribution in [0.3, 0.4) is 0 Å². The van der Waals surface area contributed by atoms with Gasteiger partial charge in [-0.15, -0.1) is 0 Å². The van der Waals surface area contributed by atoms with Gasteiger partial charge < -0.3 is 11.1 Å². The molecular formula is C12H13FN4O. The summed E-state index contributed by atoms with van der Waals surface area (Å²) in [5.74, 6) is -0.895. The van der Waals surface area contributed by atoms with Gasteiger partial charge in [0.15, 0.2) is 0 Å². The van der Waals surface area contributed by atoms with Crippen LogP contribution in [0.15, 0.2) is 36.7 Å². The van der Waals surface area contributed by atoms with Crippen LogP contribution in [0.4, 0.5) is 10.1 Å². The fourth-order valence-corrected chi connectivity index (χ4v) is 1.64. The second kappa shape index (κ2) is 4.87. The third-order valence-corrected chi connectivity index (χ3v) is 2.50. The second-order valence-electron chi connectivity index (χ2n) is 3.93. The molecule has 1 heterocycles. The zero-order valence-corrected chi connectivity index (χ0v) is 9.80. The summed E-state index contributed by atoms with van der Waals surface area (Å²) in [4.78, 5) is 11.4. The molecule has 1 unspecified atom stereocenters. The minimum Gasteiger partial charge on any atom is -0.368 e. The number of carbonyl (C=O) groups excluding carboxylic acids is 1. The van der Waals surface area contributed by atoms with Gasteiger partial charge in [-0.3, -0.25) is 9.48 Å². The summed E-state index contributed by atoms with van der Waals surface area (Å²) in [6.45, 7) is 0. The molecule has 0 saturated carbocycles. The Morgan fingerprint density at radius 1 is 1.44 bits per heavy atom. The van der Waals surface area contributed by atoms with Crippen LogP contribution in [0.1, 0.15) is 11.6 Å². The van der Waals surface area contributed by atoms with E-state index in [1.54, 1.807) is 24.1 Å². The molecule has 94 valence electrons. The van der Waals surface area contributed by atoms with E-state index in [1.807, 2.05) is 0 Å². The molecule has 0 saturated heterocycles. The number of anilines is 1. The maximum Gasteiger partial charge on any atom is 0.244 e. The molecule has 1 aromatic heterocycles. The molecule has 2 aromatic rings. The topological polar surface area (TPSA) is 72.9 Å². The van der Waals surface area contributed by atoms with Gasteiger partial charge >= 0.3 is 0 Å². The Balaban J connectivity index is 2.23. The zero-order chi connectivity index (χ0) is 13.1. The molecule has 3 N–H and O–H groups in total. The molecule has 1 amide bonds. The number of nitrogens with zero attached hydrogens (tertiary/aromatic N) is 2. The Labute approximate surface area is 103 Å². The number of halogens is 1. The van der Waals surface area contributed by atoms with E-state index in [2.05, 4.69) is 10.4 Å². The Hall–Kier alpha value is -2.37. The minimum absolute atomic E-state index is 0.358. The average molecular weight is 248 g/mol. The predicted octanol–water partition coefficient (Wildman–Crippen LogP) is 1.20. The Morgan fingerprint density at radius 3 is 2.61 bits per heavy atom. The minimum atomic E-state index is -0.713. The van der Waals surface area contributed by atoms with E-state index in [-0.39, 0.29) is 5.82 Å². The lowest BCUT2D eigenvalue weighted by Gasteiger charge is -2.15. The Bertz CT molecular complexity index is 549. The normalized spacial score (nSPS) is 12.1. The molecule has 18 heavy (non-hydrogen) atoms. The van der Waals surface area contributed by atoms with Crippen LogP contribution in [0, 0.1) is 5.82 Å². The van der Waals surface area contributed by atoms with Crippen LogP contribution in [0.5, 0.6) is 0 Å². The fourth-order valence-electron chi connectivity index (χ4n) is 1.64. The Kier molecular flexibility index (Phi) is 3.27. The van der Waals surface area contributed by atoms with Crippen molar-refractivity contribution in [2.24, 2.45) is 12.8 Å². The molecule has 2 rings (SSSR count). The largest absolute Gasteiger partial charge is 0.368 e. The van der Waals surface area contributed by atoms with E-state index in [0.717, 1.165) is 0 Å². The highest BCUT2D eigenvalue weighted by molar-refractivity contribution is 5.84. The molecular weight excluding hydrogens is 235 g/mol. The first-order valence-electron chi connectivity index (χ1n) is 5.36. The molecule has 0 bridgehead atoms. The van der Waals surface area contributed by atoms with Gasteiger partial charge in [0.1, 0.15) is 11.9 Å². The number of nitrogens with two attached hydrogens (primary N) is 1. The van der Waals surface area contributed by atoms with Gasteiger partial charge in [0, 0.05) is 13.2 Å². The van der Waals surface area contributed by atoms with E-state index in [0.29, 0.717) is 11.3 Å². The summed E-state index contributed by atoms with van der Waals surface area (Å²) in [6.07, 6.45) is 3.30. The van der Waals surface area contributed by atoms with Gasteiger partial charge in [-0.1, -0.05) is 12.1 Å². The summed E-state index contributed by atoms with van der Waals surface area (Å²) < 4.78 is 14.4. The first-order chi connectivity index (χ1) is 8.56. The van der Waals surface area contributed by atoms with Crippen molar-refractivity contribution in [3.63, 3.8) is 0 Å². The van der Waals surface area contributed by atoms with Crippen molar-refractivity contribution < 1.29 is 9.18 Å². The number of aromatic nitrogens is 2. The van der Waals surface area contributed by atoms with Crippen molar-refractivity contribution in [2.75, 3.05) is 5.32 Å². The summed E-state index contributed by atoms with van der Waals surface area (Å²) >= 11 is 0. The number of nitrogens with one attached hydrogen (secondary N) is 1. The number of hydrogen-bond acceptors (Lipinski definition) is 3. The fraction of sp³-hybridized carbons (Fsp3) is 0.167. The maximum atomic E-state index is 12.8. The van der Waals surface area contributed by atoms with E-state index in [4.69, 9.17) is 5.73 Å². The van der Waals surface area contributed by atoms with Gasteiger partial charge in [-0.05, 0) is 17.7 Å². The lowest BCUT2D eigenvalue weighted by Crippen LogP contribution is -2.27. The first kappa shape index (κ1) is 12.1. The summed E-state index contributed by atoms with van der Waals surface area (Å²) in [6, 6.07) is 4.91. The highest BCUT2D eigenvalue weighted by Crippen LogP contribution is 2.19. The predicted molar refractivity (Wildman–Crippen MR) is 65.2 cm³/mol. The van der Waals surface area contributed by atoms with Crippen molar-refractivity contribution in [1.82, 2.24) is 9.78 Å². The quantitative estimate of drug-likeness (QED) is 0.853. The molecule has 0 radical (unpaired) electrons. The number of aryl methyl sites for hydroxylation is 1. The summed E-state index contributed by atoms with van der Waals surface area (Å²) in [5.41, 5.74) is 6.62. The van der Waals surface area contributed by atoms with Crippen LogP contribution in [0.2, 0.25) is 0 Å². The zero-order valence-electron chi connectivity index (χ0n) is 9.80. The van der Waals surface area contributed by atoms with Crippen molar-refractivity contribution >= 4 is 11.6 Å². The number of hydrogen-bond donors (Lipinski definition) is 2. The second-order valence-corrected chi connectivity index (χ2v) is 3.93. The smallest absolute Gasteiger partial charge is 0.244 e. The van der Waals surface area contributed by atoms with E-state index >= 15 is 0 Å². The van der Waals surface area contributed by atoms with Gasteiger partial charge in [0.05, 0.1) is 11.9 Å². The molecule has 0 aliphatic heterocycles. The van der Waals surface area contributed by atoms with Crippen LogP contribution in [-0.2, 0) is 11.8 Å². The Morgan fingerprint density at radius 2 is 2.11 bits per heavy atom. The lowest BCUT2D eigenvalue weighted by molar-refractivity contribution is -0.118. The van der Waals surface area contributed by atoms with Crippen molar-refractivity contribution in [1.29, 1.82) is 0 Å². The molecule has 0 aliphatic rings. The van der Waals surface area contributed by atoms with Gasteiger partial charge in [-0.2, -0.15) is 5.10 Å². The van der Waals surface area contributed by atoms with E-state index < -0.39 is 11.9 Å². The lowest BCUT2D eigenvalue weighted by atomic mass is 10.1. The van der Waals surface area contributed by atoms with Crippen LogP contribution in [-0.4, -0.2) is 15.7 Å². The van der Waals surface area contributed by atoms with Gasteiger partial charge in [0.25, 0.3) is 0 Å². The molecule has 5 nitrogen and oxygen atoms in total. The molecule has 0 spiro atoms. The maximum absolute atomic E-state index is 12.8. The summed E-state index contributed by atoms with van der Waals surface area (Å²) in [5, 5.41) is 6.93. The highest BCUT2D eigenvalue weighted by atomic mass is 19.1. The van der Waals surface area contributed by atoms with Crippen LogP contribution >= 0.6 is 0 Å². The van der Waals surface area contributed by atoms with Crippen molar-refractivity contribution in [2.45, 2.75) is 6.04 Å². The molecule has 0 aliphatic carbocycles. The molecule has 1 atom stereocenters. The molecule has 1 aromatic carbocycles. The molecule has 6 heteroatoms. The van der Waals surface area contributed by atoms with E-state index in [9.17, 15) is 9.18 Å². The number of primary amides is 1. The van der Waals surface area contributed by atoms with Crippen molar-refractivity contribution in [3.05, 3.63) is 48.0 Å².